The van der Waals surface area contributed by atoms with Gasteiger partial charge >= 0.3 is 0 Å². The summed E-state index contributed by atoms with van der Waals surface area (Å²) in [5, 5.41) is 4.76. The highest BCUT2D eigenvalue weighted by atomic mass is 79.9. The summed E-state index contributed by atoms with van der Waals surface area (Å²) in [4.78, 5) is 0. The second-order valence-corrected chi connectivity index (χ2v) is 7.22. The number of furan rings is 1. The van der Waals surface area contributed by atoms with E-state index < -0.39 is 0 Å². The smallest absolute Gasteiger partial charge is 0.134 e. The number of nitrogens with one attached hydrogen (secondary N) is 1. The van der Waals surface area contributed by atoms with Crippen LogP contribution in [0.15, 0.2) is 33.2 Å². The fraction of sp³-hybridized carbons (Fsp3) is 0.556. The molecule has 114 valence electrons. The lowest BCUT2D eigenvalue weighted by Crippen LogP contribution is -2.19. The zero-order valence-corrected chi connectivity index (χ0v) is 14.3. The second kappa shape index (κ2) is 6.97. The van der Waals surface area contributed by atoms with Crippen molar-refractivity contribution in [2.75, 3.05) is 6.54 Å². The third kappa shape index (κ3) is 3.89. The van der Waals surface area contributed by atoms with Gasteiger partial charge in [-0.25, -0.2) is 0 Å². The molecule has 2 aromatic rings. The molecule has 1 N–H and O–H groups in total. The Labute approximate surface area is 135 Å². The van der Waals surface area contributed by atoms with E-state index in [0.717, 1.165) is 28.3 Å². The number of rotatable bonds is 6. The average Bonchev–Trinajstić information content (AvgIpc) is 3.11. The summed E-state index contributed by atoms with van der Waals surface area (Å²) in [6.07, 6.45) is 8.46. The van der Waals surface area contributed by atoms with Gasteiger partial charge < -0.3 is 9.73 Å². The lowest BCUT2D eigenvalue weighted by Gasteiger charge is -2.13. The van der Waals surface area contributed by atoms with Crippen LogP contribution in [-0.4, -0.2) is 6.54 Å². The van der Waals surface area contributed by atoms with Crippen LogP contribution < -0.4 is 5.32 Å². The lowest BCUT2D eigenvalue weighted by atomic mass is 10.0. The largest absolute Gasteiger partial charge is 0.459 e. The average molecular weight is 350 g/mol. The van der Waals surface area contributed by atoms with Gasteiger partial charge in [-0.3, -0.25) is 0 Å². The van der Waals surface area contributed by atoms with E-state index in [1.54, 1.807) is 0 Å². The van der Waals surface area contributed by atoms with Crippen molar-refractivity contribution in [2.45, 2.75) is 51.5 Å². The molecule has 1 heterocycles. The third-order valence-corrected chi connectivity index (χ3v) is 5.13. The minimum atomic E-state index is 0.278. The molecule has 2 nitrogen and oxygen atoms in total. The summed E-state index contributed by atoms with van der Waals surface area (Å²) < 4.78 is 7.03. The highest BCUT2D eigenvalue weighted by Gasteiger charge is 2.15. The quantitative estimate of drug-likeness (QED) is 0.665. The predicted octanol–water partition coefficient (Wildman–Crippen LogP) is 5.82. The molecule has 1 aromatic heterocycles. The molecule has 3 heteroatoms. The van der Waals surface area contributed by atoms with Crippen molar-refractivity contribution in [1.82, 2.24) is 5.32 Å². The van der Waals surface area contributed by atoms with Gasteiger partial charge in [0, 0.05) is 9.86 Å². The van der Waals surface area contributed by atoms with Crippen molar-refractivity contribution in [3.63, 3.8) is 0 Å². The van der Waals surface area contributed by atoms with Crippen LogP contribution in [0.1, 0.15) is 57.3 Å². The van der Waals surface area contributed by atoms with Gasteiger partial charge in [0.25, 0.3) is 0 Å². The van der Waals surface area contributed by atoms with E-state index >= 15 is 0 Å². The van der Waals surface area contributed by atoms with Crippen LogP contribution in [0, 0.1) is 5.92 Å². The van der Waals surface area contributed by atoms with Crippen LogP contribution in [0.25, 0.3) is 11.0 Å². The maximum atomic E-state index is 5.93. The van der Waals surface area contributed by atoms with E-state index in [4.69, 9.17) is 4.42 Å². The van der Waals surface area contributed by atoms with Gasteiger partial charge in [0.15, 0.2) is 0 Å². The molecular formula is C18H24BrNO. The number of fused-ring (bicyclic) bond motifs is 1. The molecule has 1 atom stereocenters. The molecule has 21 heavy (non-hydrogen) atoms. The highest BCUT2D eigenvalue weighted by molar-refractivity contribution is 9.10. The van der Waals surface area contributed by atoms with Crippen molar-refractivity contribution >= 4 is 26.9 Å². The topological polar surface area (TPSA) is 25.2 Å². The molecule has 1 unspecified atom stereocenters. The van der Waals surface area contributed by atoms with E-state index in [2.05, 4.69) is 40.3 Å². The van der Waals surface area contributed by atoms with E-state index in [0.29, 0.717) is 0 Å². The van der Waals surface area contributed by atoms with Gasteiger partial charge in [0.05, 0.1) is 6.04 Å². The van der Waals surface area contributed by atoms with Gasteiger partial charge in [-0.1, -0.05) is 41.6 Å². The van der Waals surface area contributed by atoms with Crippen LogP contribution in [0.5, 0.6) is 0 Å². The van der Waals surface area contributed by atoms with Crippen molar-refractivity contribution < 1.29 is 4.42 Å². The molecule has 1 fully saturated rings. The van der Waals surface area contributed by atoms with Crippen molar-refractivity contribution in [1.29, 1.82) is 0 Å². The summed E-state index contributed by atoms with van der Waals surface area (Å²) in [5.74, 6) is 2.02. The fourth-order valence-electron chi connectivity index (χ4n) is 3.36. The highest BCUT2D eigenvalue weighted by Crippen LogP contribution is 2.29. The maximum absolute atomic E-state index is 5.93. The van der Waals surface area contributed by atoms with Crippen LogP contribution in [0.4, 0.5) is 0 Å². The van der Waals surface area contributed by atoms with E-state index in [1.807, 2.05) is 12.1 Å². The first-order chi connectivity index (χ1) is 10.2. The molecule has 3 rings (SSSR count). The van der Waals surface area contributed by atoms with Gasteiger partial charge in [0.1, 0.15) is 11.3 Å². The van der Waals surface area contributed by atoms with E-state index in [1.165, 1.54) is 43.9 Å². The number of hydrogen-bond donors (Lipinski definition) is 1. The molecule has 0 saturated heterocycles. The minimum absolute atomic E-state index is 0.278. The lowest BCUT2D eigenvalue weighted by molar-refractivity contribution is 0.423. The Kier molecular flexibility index (Phi) is 5.02. The zero-order valence-electron chi connectivity index (χ0n) is 12.7. The second-order valence-electron chi connectivity index (χ2n) is 6.30. The summed E-state index contributed by atoms with van der Waals surface area (Å²) in [6.45, 7) is 3.26. The molecule has 1 aliphatic rings. The van der Waals surface area contributed by atoms with Crippen molar-refractivity contribution in [3.05, 3.63) is 34.5 Å². The van der Waals surface area contributed by atoms with Crippen LogP contribution in [0.2, 0.25) is 0 Å². The molecule has 0 amide bonds. The Balaban J connectivity index is 1.50. The summed E-state index contributed by atoms with van der Waals surface area (Å²) in [7, 11) is 0. The van der Waals surface area contributed by atoms with Crippen LogP contribution in [-0.2, 0) is 0 Å². The first-order valence-corrected chi connectivity index (χ1v) is 8.94. The van der Waals surface area contributed by atoms with Gasteiger partial charge in [0.2, 0.25) is 0 Å². The van der Waals surface area contributed by atoms with Crippen LogP contribution >= 0.6 is 15.9 Å². The third-order valence-electron chi connectivity index (χ3n) is 4.64. The summed E-state index contributed by atoms with van der Waals surface area (Å²) in [6, 6.07) is 8.58. The van der Waals surface area contributed by atoms with Crippen LogP contribution in [0.3, 0.4) is 0 Å². The molecule has 1 saturated carbocycles. The van der Waals surface area contributed by atoms with E-state index in [9.17, 15) is 0 Å². The monoisotopic (exact) mass is 349 g/mol. The van der Waals surface area contributed by atoms with E-state index in [-0.39, 0.29) is 6.04 Å². The Morgan fingerprint density at radius 3 is 2.90 bits per heavy atom. The van der Waals surface area contributed by atoms with Gasteiger partial charge in [-0.2, -0.15) is 0 Å². The molecule has 0 spiro atoms. The minimum Gasteiger partial charge on any atom is -0.459 e. The molecule has 1 aromatic carbocycles. The first kappa shape index (κ1) is 15.1. The predicted molar refractivity (Wildman–Crippen MR) is 91.5 cm³/mol. The van der Waals surface area contributed by atoms with Gasteiger partial charge in [-0.05, 0) is 56.5 Å². The maximum Gasteiger partial charge on any atom is 0.134 e. The number of benzene rings is 1. The Hall–Kier alpha value is -0.800. The normalized spacial score (nSPS) is 17.6. The van der Waals surface area contributed by atoms with Crippen molar-refractivity contribution in [3.8, 4) is 0 Å². The first-order valence-electron chi connectivity index (χ1n) is 8.15. The Morgan fingerprint density at radius 2 is 2.10 bits per heavy atom. The molecule has 0 bridgehead atoms. The SMILES string of the molecule is CC(NCCCC1CCCC1)c1cc2cc(Br)ccc2o1. The summed E-state index contributed by atoms with van der Waals surface area (Å²) >= 11 is 3.50. The molecule has 0 radical (unpaired) electrons. The standard InChI is InChI=1S/C18H24BrNO/c1-13(20-10-4-7-14-5-2-3-6-14)18-12-15-11-16(19)8-9-17(15)21-18/h8-9,11-14,20H,2-7,10H2,1H3. The summed E-state index contributed by atoms with van der Waals surface area (Å²) in [5.41, 5.74) is 0.966. The van der Waals surface area contributed by atoms with Gasteiger partial charge in [-0.15, -0.1) is 0 Å². The number of halogens is 1. The number of hydrogen-bond acceptors (Lipinski definition) is 2. The zero-order chi connectivity index (χ0) is 14.7. The Bertz CT molecular complexity index is 586. The molecular weight excluding hydrogens is 326 g/mol. The molecule has 0 aliphatic heterocycles. The van der Waals surface area contributed by atoms with Crippen molar-refractivity contribution in [2.24, 2.45) is 5.92 Å². The molecule has 1 aliphatic carbocycles. The fourth-order valence-corrected chi connectivity index (χ4v) is 3.74. The Morgan fingerprint density at radius 1 is 1.29 bits per heavy atom.